The Morgan fingerprint density at radius 1 is 1.24 bits per heavy atom. The fourth-order valence-corrected chi connectivity index (χ4v) is 3.45. The Kier molecular flexibility index (Phi) is 4.60. The maximum absolute atomic E-state index is 12.6. The van der Waals surface area contributed by atoms with Gasteiger partial charge in [0.25, 0.3) is 0 Å². The van der Waals surface area contributed by atoms with Crippen molar-refractivity contribution in [3.8, 4) is 0 Å². The maximum Gasteiger partial charge on any atom is 0.227 e. The standard InChI is InChI=1S/C16H25N3O2/c17-15-6-2-1-5-14(15)16(20)19-9-7-18(8-10-19)12-13-4-3-11-21-13/h3-4,11,14-15H,1-2,5-10,12,17H2. The molecule has 5 nitrogen and oxygen atoms in total. The van der Waals surface area contributed by atoms with Gasteiger partial charge in [-0.3, -0.25) is 9.69 Å². The third-order valence-corrected chi connectivity index (χ3v) is 4.78. The zero-order valence-electron chi connectivity index (χ0n) is 12.5. The van der Waals surface area contributed by atoms with Crippen molar-refractivity contribution in [3.63, 3.8) is 0 Å². The van der Waals surface area contributed by atoms with E-state index in [1.165, 1.54) is 6.42 Å². The molecule has 2 heterocycles. The first-order valence-electron chi connectivity index (χ1n) is 8.03. The van der Waals surface area contributed by atoms with Crippen molar-refractivity contribution >= 4 is 5.91 Å². The Morgan fingerprint density at radius 3 is 2.67 bits per heavy atom. The molecule has 5 heteroatoms. The number of piperazine rings is 1. The zero-order valence-corrected chi connectivity index (χ0v) is 12.5. The summed E-state index contributed by atoms with van der Waals surface area (Å²) in [6.45, 7) is 4.27. The molecule has 2 unspecified atom stereocenters. The van der Waals surface area contributed by atoms with Crippen LogP contribution in [0.25, 0.3) is 0 Å². The van der Waals surface area contributed by atoms with E-state index >= 15 is 0 Å². The molecule has 0 aromatic carbocycles. The third-order valence-electron chi connectivity index (χ3n) is 4.78. The molecule has 1 saturated carbocycles. The van der Waals surface area contributed by atoms with Crippen LogP contribution >= 0.6 is 0 Å². The van der Waals surface area contributed by atoms with Crippen molar-refractivity contribution in [1.29, 1.82) is 0 Å². The van der Waals surface area contributed by atoms with Crippen LogP contribution in [0.3, 0.4) is 0 Å². The van der Waals surface area contributed by atoms with Crippen LogP contribution in [0.5, 0.6) is 0 Å². The van der Waals surface area contributed by atoms with Crippen molar-refractivity contribution in [2.45, 2.75) is 38.3 Å². The van der Waals surface area contributed by atoms with Gasteiger partial charge in [0.05, 0.1) is 18.7 Å². The number of furan rings is 1. The Morgan fingerprint density at radius 2 is 2.00 bits per heavy atom. The molecule has 0 spiro atoms. The van der Waals surface area contributed by atoms with Crippen LogP contribution in [0.4, 0.5) is 0 Å². The lowest BCUT2D eigenvalue weighted by Crippen LogP contribution is -2.53. The molecule has 0 radical (unpaired) electrons. The first-order valence-corrected chi connectivity index (χ1v) is 8.03. The number of nitrogens with zero attached hydrogens (tertiary/aromatic N) is 2. The van der Waals surface area contributed by atoms with E-state index in [2.05, 4.69) is 4.90 Å². The minimum atomic E-state index is 0.0513. The molecule has 1 aliphatic heterocycles. The van der Waals surface area contributed by atoms with E-state index in [9.17, 15) is 4.79 Å². The summed E-state index contributed by atoms with van der Waals surface area (Å²) in [5.74, 6) is 1.32. The molecule has 0 bridgehead atoms. The third kappa shape index (κ3) is 3.47. The van der Waals surface area contributed by atoms with Crippen LogP contribution in [0.1, 0.15) is 31.4 Å². The van der Waals surface area contributed by atoms with E-state index in [1.54, 1.807) is 6.26 Å². The summed E-state index contributed by atoms with van der Waals surface area (Å²) in [6, 6.07) is 3.98. The summed E-state index contributed by atoms with van der Waals surface area (Å²) in [5, 5.41) is 0. The largest absolute Gasteiger partial charge is 0.468 e. The van der Waals surface area contributed by atoms with Gasteiger partial charge in [-0.25, -0.2) is 0 Å². The molecule has 3 rings (SSSR count). The highest BCUT2D eigenvalue weighted by Gasteiger charge is 2.32. The number of hydrogen-bond donors (Lipinski definition) is 1. The fraction of sp³-hybridized carbons (Fsp3) is 0.688. The SMILES string of the molecule is NC1CCCCC1C(=O)N1CCN(Cc2ccco2)CC1. The highest BCUT2D eigenvalue weighted by atomic mass is 16.3. The lowest BCUT2D eigenvalue weighted by Gasteiger charge is -2.38. The van der Waals surface area contributed by atoms with Gasteiger partial charge in [-0.2, -0.15) is 0 Å². The topological polar surface area (TPSA) is 62.7 Å². The minimum Gasteiger partial charge on any atom is -0.468 e. The van der Waals surface area contributed by atoms with Crippen molar-refractivity contribution in [1.82, 2.24) is 9.80 Å². The number of carbonyl (C=O) groups is 1. The van der Waals surface area contributed by atoms with Crippen LogP contribution in [0, 0.1) is 5.92 Å². The second kappa shape index (κ2) is 6.62. The number of carbonyl (C=O) groups excluding carboxylic acids is 1. The second-order valence-corrected chi connectivity index (χ2v) is 6.24. The predicted molar refractivity (Wildman–Crippen MR) is 80.5 cm³/mol. The Bertz CT molecular complexity index is 452. The summed E-state index contributed by atoms with van der Waals surface area (Å²) in [4.78, 5) is 16.9. The molecule has 2 N–H and O–H groups in total. The first-order chi connectivity index (χ1) is 10.2. The van der Waals surface area contributed by atoms with E-state index in [4.69, 9.17) is 10.2 Å². The summed E-state index contributed by atoms with van der Waals surface area (Å²) >= 11 is 0. The van der Waals surface area contributed by atoms with Crippen molar-refractivity contribution < 1.29 is 9.21 Å². The molecule has 1 aromatic rings. The van der Waals surface area contributed by atoms with E-state index in [1.807, 2.05) is 17.0 Å². The van der Waals surface area contributed by atoms with Crippen LogP contribution in [0.15, 0.2) is 22.8 Å². The second-order valence-electron chi connectivity index (χ2n) is 6.24. The molecular formula is C16H25N3O2. The smallest absolute Gasteiger partial charge is 0.227 e. The maximum atomic E-state index is 12.6. The molecular weight excluding hydrogens is 266 g/mol. The van der Waals surface area contributed by atoms with E-state index in [0.29, 0.717) is 0 Å². The van der Waals surface area contributed by atoms with Crippen molar-refractivity contribution in [3.05, 3.63) is 24.2 Å². The van der Waals surface area contributed by atoms with Gasteiger partial charge >= 0.3 is 0 Å². The number of amides is 1. The Labute approximate surface area is 126 Å². The number of hydrogen-bond acceptors (Lipinski definition) is 4. The Balaban J connectivity index is 1.49. The average molecular weight is 291 g/mol. The van der Waals surface area contributed by atoms with Gasteiger partial charge in [0, 0.05) is 32.2 Å². The summed E-state index contributed by atoms with van der Waals surface area (Å²) < 4.78 is 5.38. The highest BCUT2D eigenvalue weighted by Crippen LogP contribution is 2.25. The Hall–Kier alpha value is -1.33. The molecule has 21 heavy (non-hydrogen) atoms. The summed E-state index contributed by atoms with van der Waals surface area (Å²) in [7, 11) is 0. The summed E-state index contributed by atoms with van der Waals surface area (Å²) in [6.07, 6.45) is 5.98. The van der Waals surface area contributed by atoms with Crippen LogP contribution < -0.4 is 5.73 Å². The average Bonchev–Trinajstić information content (AvgIpc) is 3.01. The fourth-order valence-electron chi connectivity index (χ4n) is 3.45. The summed E-state index contributed by atoms with van der Waals surface area (Å²) in [5.41, 5.74) is 6.13. The molecule has 1 aromatic heterocycles. The van der Waals surface area contributed by atoms with Gasteiger partial charge in [0.15, 0.2) is 0 Å². The van der Waals surface area contributed by atoms with Gasteiger partial charge in [-0.05, 0) is 25.0 Å². The molecule has 116 valence electrons. The molecule has 2 fully saturated rings. The van der Waals surface area contributed by atoms with E-state index in [-0.39, 0.29) is 17.9 Å². The van der Waals surface area contributed by atoms with E-state index < -0.39 is 0 Å². The quantitative estimate of drug-likeness (QED) is 0.915. The van der Waals surface area contributed by atoms with Crippen LogP contribution in [0.2, 0.25) is 0 Å². The highest BCUT2D eigenvalue weighted by molar-refractivity contribution is 5.79. The predicted octanol–water partition coefficient (Wildman–Crippen LogP) is 1.44. The van der Waals surface area contributed by atoms with Gasteiger partial charge in [-0.1, -0.05) is 12.8 Å². The molecule has 1 aliphatic carbocycles. The zero-order chi connectivity index (χ0) is 14.7. The van der Waals surface area contributed by atoms with Crippen LogP contribution in [-0.4, -0.2) is 47.9 Å². The van der Waals surface area contributed by atoms with Crippen LogP contribution in [-0.2, 0) is 11.3 Å². The van der Waals surface area contributed by atoms with Gasteiger partial charge in [0.2, 0.25) is 5.91 Å². The van der Waals surface area contributed by atoms with Gasteiger partial charge in [-0.15, -0.1) is 0 Å². The van der Waals surface area contributed by atoms with E-state index in [0.717, 1.165) is 57.7 Å². The van der Waals surface area contributed by atoms with Crippen molar-refractivity contribution in [2.75, 3.05) is 26.2 Å². The lowest BCUT2D eigenvalue weighted by molar-refractivity contribution is -0.139. The molecule has 1 amide bonds. The molecule has 2 atom stereocenters. The molecule has 2 aliphatic rings. The van der Waals surface area contributed by atoms with Gasteiger partial charge in [0.1, 0.15) is 5.76 Å². The normalized spacial score (nSPS) is 27.8. The number of nitrogens with two attached hydrogens (primary N) is 1. The minimum absolute atomic E-state index is 0.0513. The lowest BCUT2D eigenvalue weighted by atomic mass is 9.84. The van der Waals surface area contributed by atoms with Crippen molar-refractivity contribution in [2.24, 2.45) is 11.7 Å². The first kappa shape index (κ1) is 14.6. The number of rotatable bonds is 3. The van der Waals surface area contributed by atoms with Gasteiger partial charge < -0.3 is 15.1 Å². The molecule has 1 saturated heterocycles. The monoisotopic (exact) mass is 291 g/mol.